The molecule has 0 saturated heterocycles. The van der Waals surface area contributed by atoms with Crippen LogP contribution in [-0.2, 0) is 6.42 Å². The Morgan fingerprint density at radius 3 is 2.90 bits per heavy atom. The monoisotopic (exact) mass is 323 g/mol. The highest BCUT2D eigenvalue weighted by molar-refractivity contribution is 7.10. The quantitative estimate of drug-likeness (QED) is 0.797. The lowest BCUT2D eigenvalue weighted by atomic mass is 10.1. The van der Waals surface area contributed by atoms with Crippen LogP contribution in [0.2, 0.25) is 5.02 Å². The summed E-state index contributed by atoms with van der Waals surface area (Å²) in [4.78, 5) is 5.15. The normalized spacial score (nSPS) is 12.5. The molecule has 1 atom stereocenters. The lowest BCUT2D eigenvalue weighted by Crippen LogP contribution is -2.10. The molecular weight excluding hydrogens is 313 g/mol. The lowest BCUT2D eigenvalue weighted by Gasteiger charge is -2.03. The van der Waals surface area contributed by atoms with Crippen molar-refractivity contribution in [3.63, 3.8) is 0 Å². The average Bonchev–Trinajstić information content (AvgIpc) is 3.14. The summed E-state index contributed by atoms with van der Waals surface area (Å²) < 4.78 is 18.9. The van der Waals surface area contributed by atoms with Gasteiger partial charge in [0.2, 0.25) is 5.89 Å². The Kier molecular flexibility index (Phi) is 4.01. The van der Waals surface area contributed by atoms with Crippen molar-refractivity contribution >= 4 is 22.9 Å². The van der Waals surface area contributed by atoms with Gasteiger partial charge in [-0.25, -0.2) is 4.39 Å². The van der Waals surface area contributed by atoms with Crippen molar-refractivity contribution in [1.29, 1.82) is 0 Å². The van der Waals surface area contributed by atoms with Crippen LogP contribution in [0.1, 0.15) is 28.2 Å². The Balaban J connectivity index is 1.83. The lowest BCUT2D eigenvalue weighted by molar-refractivity contribution is 0.364. The van der Waals surface area contributed by atoms with E-state index in [4.69, 9.17) is 21.9 Å². The Bertz CT molecular complexity index is 724. The molecule has 0 fully saturated rings. The fourth-order valence-electron chi connectivity index (χ4n) is 1.91. The third-order valence-electron chi connectivity index (χ3n) is 3.00. The van der Waals surface area contributed by atoms with Gasteiger partial charge in [0.15, 0.2) is 5.82 Å². The first kappa shape index (κ1) is 14.2. The Morgan fingerprint density at radius 1 is 1.33 bits per heavy atom. The number of benzene rings is 1. The van der Waals surface area contributed by atoms with Crippen LogP contribution in [0.5, 0.6) is 0 Å². The zero-order valence-electron chi connectivity index (χ0n) is 10.8. The summed E-state index contributed by atoms with van der Waals surface area (Å²) in [5, 5.41) is 6.10. The summed E-state index contributed by atoms with van der Waals surface area (Å²) in [6, 6.07) is 7.85. The minimum absolute atomic E-state index is 0.159. The van der Waals surface area contributed by atoms with E-state index in [0.717, 1.165) is 4.88 Å². The number of aromatic nitrogens is 2. The number of thiophene rings is 1. The molecule has 3 rings (SSSR count). The molecule has 108 valence electrons. The number of hydrogen-bond acceptors (Lipinski definition) is 5. The largest absolute Gasteiger partial charge is 0.337 e. The molecule has 0 aliphatic carbocycles. The first-order chi connectivity index (χ1) is 10.1. The second-order valence-corrected chi connectivity index (χ2v) is 5.81. The van der Waals surface area contributed by atoms with Crippen LogP contribution in [0.25, 0.3) is 0 Å². The summed E-state index contributed by atoms with van der Waals surface area (Å²) >= 11 is 7.49. The molecule has 0 aliphatic rings. The van der Waals surface area contributed by atoms with Gasteiger partial charge < -0.3 is 10.3 Å². The van der Waals surface area contributed by atoms with E-state index in [1.54, 1.807) is 12.1 Å². The maximum atomic E-state index is 13.7. The van der Waals surface area contributed by atoms with Gasteiger partial charge in [0.05, 0.1) is 0 Å². The molecule has 3 aromatic rings. The SMILES string of the molecule is NC(c1nc(Cc2c(F)cccc2Cl)no1)c1cccs1. The van der Waals surface area contributed by atoms with Crippen LogP contribution in [0, 0.1) is 5.82 Å². The van der Waals surface area contributed by atoms with Gasteiger partial charge >= 0.3 is 0 Å². The van der Waals surface area contributed by atoms with E-state index < -0.39 is 11.9 Å². The molecule has 21 heavy (non-hydrogen) atoms. The zero-order chi connectivity index (χ0) is 14.8. The third-order valence-corrected chi connectivity index (χ3v) is 4.31. The Hall–Kier alpha value is -1.76. The van der Waals surface area contributed by atoms with Crippen LogP contribution in [0.3, 0.4) is 0 Å². The van der Waals surface area contributed by atoms with Crippen molar-refractivity contribution in [2.75, 3.05) is 0 Å². The van der Waals surface area contributed by atoms with Crippen molar-refractivity contribution in [3.05, 3.63) is 68.7 Å². The molecule has 0 bridgehead atoms. The third kappa shape index (κ3) is 2.97. The van der Waals surface area contributed by atoms with E-state index >= 15 is 0 Å². The van der Waals surface area contributed by atoms with E-state index in [9.17, 15) is 4.39 Å². The van der Waals surface area contributed by atoms with Gasteiger partial charge in [0.1, 0.15) is 11.9 Å². The second-order valence-electron chi connectivity index (χ2n) is 4.42. The molecule has 1 unspecified atom stereocenters. The van der Waals surface area contributed by atoms with E-state index in [-0.39, 0.29) is 6.42 Å². The molecular formula is C14H11ClFN3OS. The van der Waals surface area contributed by atoms with Crippen LogP contribution in [0.15, 0.2) is 40.2 Å². The van der Waals surface area contributed by atoms with Crippen molar-refractivity contribution < 1.29 is 8.91 Å². The van der Waals surface area contributed by atoms with Crippen molar-refractivity contribution in [2.24, 2.45) is 5.73 Å². The second kappa shape index (κ2) is 5.93. The molecule has 0 spiro atoms. The van der Waals surface area contributed by atoms with E-state index in [1.807, 2.05) is 17.5 Å². The predicted octanol–water partition coefficient (Wildman–Crippen LogP) is 3.56. The first-order valence-corrected chi connectivity index (χ1v) is 7.45. The summed E-state index contributed by atoms with van der Waals surface area (Å²) in [5.41, 5.74) is 6.39. The fourth-order valence-corrected chi connectivity index (χ4v) is 2.86. The maximum Gasteiger partial charge on any atom is 0.248 e. The maximum absolute atomic E-state index is 13.7. The van der Waals surface area contributed by atoms with Gasteiger partial charge in [-0.05, 0) is 23.6 Å². The molecule has 7 heteroatoms. The van der Waals surface area contributed by atoms with Crippen LogP contribution in [0.4, 0.5) is 4.39 Å². The predicted molar refractivity (Wildman–Crippen MR) is 78.9 cm³/mol. The van der Waals surface area contributed by atoms with Crippen LogP contribution < -0.4 is 5.73 Å². The molecule has 4 nitrogen and oxygen atoms in total. The van der Waals surface area contributed by atoms with Gasteiger partial charge in [-0.2, -0.15) is 4.98 Å². The van der Waals surface area contributed by atoms with Crippen molar-refractivity contribution in [2.45, 2.75) is 12.5 Å². The number of hydrogen-bond donors (Lipinski definition) is 1. The Labute approximate surface area is 129 Å². The van der Waals surface area contributed by atoms with Crippen molar-refractivity contribution in [1.82, 2.24) is 10.1 Å². The van der Waals surface area contributed by atoms with E-state index in [1.165, 1.54) is 17.4 Å². The van der Waals surface area contributed by atoms with E-state index in [2.05, 4.69) is 10.1 Å². The molecule has 2 N–H and O–H groups in total. The molecule has 0 aliphatic heterocycles. The number of rotatable bonds is 4. The summed E-state index contributed by atoms with van der Waals surface area (Å²) in [6.45, 7) is 0. The topological polar surface area (TPSA) is 64.9 Å². The smallest absolute Gasteiger partial charge is 0.248 e. The van der Waals surface area contributed by atoms with Crippen LogP contribution in [-0.4, -0.2) is 10.1 Å². The minimum atomic E-state index is -0.470. The minimum Gasteiger partial charge on any atom is -0.337 e. The van der Waals surface area contributed by atoms with Gasteiger partial charge in [-0.1, -0.05) is 28.9 Å². The number of halogens is 2. The first-order valence-electron chi connectivity index (χ1n) is 6.19. The highest BCUT2D eigenvalue weighted by atomic mass is 35.5. The molecule has 0 radical (unpaired) electrons. The zero-order valence-corrected chi connectivity index (χ0v) is 12.4. The molecule has 2 aromatic heterocycles. The summed E-state index contributed by atoms with van der Waals surface area (Å²) in [7, 11) is 0. The highest BCUT2D eigenvalue weighted by Crippen LogP contribution is 2.24. The molecule has 1 aromatic carbocycles. The number of nitrogens with zero attached hydrogens (tertiary/aromatic N) is 2. The molecule has 2 heterocycles. The average molecular weight is 324 g/mol. The van der Waals surface area contributed by atoms with Gasteiger partial charge in [-0.15, -0.1) is 11.3 Å². The summed E-state index contributed by atoms with van der Waals surface area (Å²) in [5.74, 6) is 0.264. The Morgan fingerprint density at radius 2 is 2.19 bits per heavy atom. The standard InChI is InChI=1S/C14H11ClFN3OS/c15-9-3-1-4-10(16)8(9)7-12-18-14(20-19-12)13(17)11-5-2-6-21-11/h1-6,13H,7,17H2. The molecule has 0 saturated carbocycles. The van der Waals surface area contributed by atoms with Gasteiger partial charge in [0.25, 0.3) is 0 Å². The molecule has 0 amide bonds. The van der Waals surface area contributed by atoms with Crippen molar-refractivity contribution in [3.8, 4) is 0 Å². The highest BCUT2D eigenvalue weighted by Gasteiger charge is 2.19. The fraction of sp³-hybridized carbons (Fsp3) is 0.143. The van der Waals surface area contributed by atoms with Gasteiger partial charge in [0, 0.05) is 21.9 Å². The van der Waals surface area contributed by atoms with Crippen LogP contribution >= 0.6 is 22.9 Å². The number of nitrogens with two attached hydrogens (primary N) is 1. The van der Waals surface area contributed by atoms with Gasteiger partial charge in [-0.3, -0.25) is 0 Å². The van der Waals surface area contributed by atoms with E-state index in [0.29, 0.717) is 22.3 Å². The summed E-state index contributed by atoms with van der Waals surface area (Å²) in [6.07, 6.45) is 0.159.